The van der Waals surface area contributed by atoms with Gasteiger partial charge in [-0.05, 0) is 40.7 Å². The molecule has 0 spiro atoms. The number of hydrogen-bond acceptors (Lipinski definition) is 7. The number of fused-ring (bicyclic) bond motifs is 1. The standard InChI is InChI=1S/C22H17N5O4S/c1-26-9-8-23-22(26)32-20-7-6-14(10-18(20)27(30)31)13-24-25-21(29)17-11-15-4-2-3-5-16(15)12-19(17)28/h2-13,28H,1H3,(H,25,29). The zero-order valence-corrected chi connectivity index (χ0v) is 17.6. The molecule has 2 N–H and O–H groups in total. The molecule has 4 aromatic rings. The summed E-state index contributed by atoms with van der Waals surface area (Å²) in [4.78, 5) is 28.1. The molecule has 1 amide bonds. The second-order valence-electron chi connectivity index (χ2n) is 6.82. The van der Waals surface area contributed by atoms with Crippen LogP contribution in [0.2, 0.25) is 0 Å². The Labute approximate surface area is 186 Å². The predicted molar refractivity (Wildman–Crippen MR) is 121 cm³/mol. The number of rotatable bonds is 6. The van der Waals surface area contributed by atoms with E-state index < -0.39 is 10.8 Å². The lowest BCUT2D eigenvalue weighted by Crippen LogP contribution is -2.17. The number of benzene rings is 3. The topological polar surface area (TPSA) is 123 Å². The Bertz CT molecular complexity index is 1370. The number of carbonyl (C=O) groups excluding carboxylic acids is 1. The Morgan fingerprint density at radius 3 is 2.66 bits per heavy atom. The van der Waals surface area contributed by atoms with Crippen LogP contribution in [0.25, 0.3) is 10.8 Å². The fraction of sp³-hybridized carbons (Fsp3) is 0.0455. The highest BCUT2D eigenvalue weighted by atomic mass is 32.2. The van der Waals surface area contributed by atoms with Crippen molar-refractivity contribution in [3.05, 3.63) is 88.2 Å². The summed E-state index contributed by atoms with van der Waals surface area (Å²) in [5, 5.41) is 27.8. The van der Waals surface area contributed by atoms with Crippen molar-refractivity contribution in [2.45, 2.75) is 10.1 Å². The van der Waals surface area contributed by atoms with E-state index in [-0.39, 0.29) is 17.0 Å². The van der Waals surface area contributed by atoms with Gasteiger partial charge in [-0.15, -0.1) is 0 Å². The van der Waals surface area contributed by atoms with E-state index in [9.17, 15) is 20.0 Å². The molecule has 3 aromatic carbocycles. The number of aryl methyl sites for hydroxylation is 1. The molecule has 0 fully saturated rings. The molecular formula is C22H17N5O4S. The summed E-state index contributed by atoms with van der Waals surface area (Å²) in [6.07, 6.45) is 4.68. The van der Waals surface area contributed by atoms with Gasteiger partial charge in [-0.1, -0.05) is 30.3 Å². The summed E-state index contributed by atoms with van der Waals surface area (Å²) in [5.41, 5.74) is 2.76. The van der Waals surface area contributed by atoms with E-state index in [1.165, 1.54) is 30.1 Å². The molecular weight excluding hydrogens is 430 g/mol. The lowest BCUT2D eigenvalue weighted by molar-refractivity contribution is -0.387. The largest absolute Gasteiger partial charge is 0.507 e. The number of amides is 1. The van der Waals surface area contributed by atoms with Crippen molar-refractivity contribution in [2.75, 3.05) is 0 Å². The third kappa shape index (κ3) is 4.44. The molecule has 0 aliphatic rings. The van der Waals surface area contributed by atoms with Crippen molar-refractivity contribution >= 4 is 40.3 Å². The monoisotopic (exact) mass is 447 g/mol. The van der Waals surface area contributed by atoms with E-state index in [4.69, 9.17) is 0 Å². The van der Waals surface area contributed by atoms with E-state index in [0.29, 0.717) is 15.6 Å². The summed E-state index contributed by atoms with van der Waals surface area (Å²) in [6, 6.07) is 15.0. The van der Waals surface area contributed by atoms with Gasteiger partial charge in [-0.2, -0.15) is 5.10 Å². The third-order valence-electron chi connectivity index (χ3n) is 4.65. The molecule has 0 bridgehead atoms. The minimum Gasteiger partial charge on any atom is -0.507 e. The third-order valence-corrected chi connectivity index (χ3v) is 5.79. The first-order chi connectivity index (χ1) is 15.4. The first kappa shape index (κ1) is 21.1. The number of carbonyl (C=O) groups is 1. The minimum atomic E-state index is -0.596. The molecule has 4 rings (SSSR count). The average Bonchev–Trinajstić information content (AvgIpc) is 3.18. The lowest BCUT2D eigenvalue weighted by atomic mass is 10.1. The number of nitro groups is 1. The van der Waals surface area contributed by atoms with Gasteiger partial charge in [0.15, 0.2) is 5.16 Å². The molecule has 9 nitrogen and oxygen atoms in total. The summed E-state index contributed by atoms with van der Waals surface area (Å²) in [7, 11) is 1.80. The first-order valence-electron chi connectivity index (χ1n) is 9.41. The Morgan fingerprint density at radius 2 is 1.97 bits per heavy atom. The highest BCUT2D eigenvalue weighted by Crippen LogP contribution is 2.34. The zero-order valence-electron chi connectivity index (χ0n) is 16.8. The molecule has 160 valence electrons. The number of phenols is 1. The maximum atomic E-state index is 12.4. The van der Waals surface area contributed by atoms with Crippen LogP contribution in [0.1, 0.15) is 15.9 Å². The zero-order chi connectivity index (χ0) is 22.7. The molecule has 10 heteroatoms. The van der Waals surface area contributed by atoms with Crippen LogP contribution in [0.5, 0.6) is 5.75 Å². The van der Waals surface area contributed by atoms with Crippen LogP contribution in [-0.4, -0.2) is 31.7 Å². The Hall–Kier alpha value is -4.18. The number of aromatic nitrogens is 2. The smallest absolute Gasteiger partial charge is 0.283 e. The molecule has 1 aromatic heterocycles. The van der Waals surface area contributed by atoms with Gasteiger partial charge in [-0.3, -0.25) is 14.9 Å². The van der Waals surface area contributed by atoms with Gasteiger partial charge in [0, 0.05) is 31.1 Å². The Balaban J connectivity index is 1.51. The molecule has 0 aliphatic heterocycles. The second-order valence-corrected chi connectivity index (χ2v) is 7.83. The van der Waals surface area contributed by atoms with Gasteiger partial charge >= 0.3 is 0 Å². The van der Waals surface area contributed by atoms with Crippen molar-refractivity contribution in [2.24, 2.45) is 12.1 Å². The van der Waals surface area contributed by atoms with Gasteiger partial charge < -0.3 is 9.67 Å². The highest BCUT2D eigenvalue weighted by Gasteiger charge is 2.17. The number of hydrazone groups is 1. The van der Waals surface area contributed by atoms with E-state index in [1.807, 2.05) is 24.3 Å². The number of nitrogens with one attached hydrogen (secondary N) is 1. The fourth-order valence-corrected chi connectivity index (χ4v) is 3.92. The van der Waals surface area contributed by atoms with E-state index in [2.05, 4.69) is 15.5 Å². The highest BCUT2D eigenvalue weighted by molar-refractivity contribution is 7.99. The SMILES string of the molecule is Cn1ccnc1Sc1ccc(C=NNC(=O)c2cc3ccccc3cc2O)cc1[N+](=O)[O-]. The molecule has 0 radical (unpaired) electrons. The van der Waals surface area contributed by atoms with Crippen LogP contribution >= 0.6 is 11.8 Å². The maximum absolute atomic E-state index is 12.4. The van der Waals surface area contributed by atoms with Crippen molar-refractivity contribution < 1.29 is 14.8 Å². The van der Waals surface area contributed by atoms with Gasteiger partial charge in [0.25, 0.3) is 11.6 Å². The van der Waals surface area contributed by atoms with Gasteiger partial charge in [0.1, 0.15) is 5.75 Å². The quantitative estimate of drug-likeness (QED) is 0.261. The number of phenolic OH excluding ortho intramolecular Hbond substituents is 1. The molecule has 1 heterocycles. The van der Waals surface area contributed by atoms with Crippen LogP contribution in [-0.2, 0) is 7.05 Å². The predicted octanol–water partition coefficient (Wildman–Crippen LogP) is 4.10. The number of nitrogens with zero attached hydrogens (tertiary/aromatic N) is 4. The molecule has 32 heavy (non-hydrogen) atoms. The van der Waals surface area contributed by atoms with Crippen LogP contribution in [0.15, 0.2) is 82.1 Å². The summed E-state index contributed by atoms with van der Waals surface area (Å²) in [6.45, 7) is 0. The summed E-state index contributed by atoms with van der Waals surface area (Å²) < 4.78 is 1.77. The van der Waals surface area contributed by atoms with Crippen molar-refractivity contribution in [1.82, 2.24) is 15.0 Å². The lowest BCUT2D eigenvalue weighted by Gasteiger charge is -2.06. The van der Waals surface area contributed by atoms with Gasteiger partial charge in [-0.25, -0.2) is 10.4 Å². The molecule has 0 atom stereocenters. The Morgan fingerprint density at radius 1 is 1.22 bits per heavy atom. The number of aromatic hydroxyl groups is 1. The van der Waals surface area contributed by atoms with E-state index in [1.54, 1.807) is 42.2 Å². The van der Waals surface area contributed by atoms with Crippen LogP contribution < -0.4 is 5.43 Å². The molecule has 0 unspecified atom stereocenters. The summed E-state index contributed by atoms with van der Waals surface area (Å²) >= 11 is 1.18. The summed E-state index contributed by atoms with van der Waals surface area (Å²) in [5.74, 6) is -0.760. The molecule has 0 saturated heterocycles. The number of nitro benzene ring substituents is 1. The molecule has 0 aliphatic carbocycles. The fourth-order valence-electron chi connectivity index (χ4n) is 3.03. The normalized spacial score (nSPS) is 11.2. The van der Waals surface area contributed by atoms with Crippen LogP contribution in [0.4, 0.5) is 5.69 Å². The molecule has 0 saturated carbocycles. The van der Waals surface area contributed by atoms with Crippen LogP contribution in [0, 0.1) is 10.1 Å². The average molecular weight is 447 g/mol. The first-order valence-corrected chi connectivity index (χ1v) is 10.2. The van der Waals surface area contributed by atoms with Gasteiger partial charge in [0.2, 0.25) is 0 Å². The maximum Gasteiger partial charge on any atom is 0.283 e. The van der Waals surface area contributed by atoms with Crippen molar-refractivity contribution in [3.8, 4) is 5.75 Å². The number of imidazole rings is 1. The second kappa shape index (κ2) is 8.90. The van der Waals surface area contributed by atoms with E-state index >= 15 is 0 Å². The van der Waals surface area contributed by atoms with Crippen LogP contribution in [0.3, 0.4) is 0 Å². The number of hydrogen-bond donors (Lipinski definition) is 2. The van der Waals surface area contributed by atoms with Crippen molar-refractivity contribution in [3.63, 3.8) is 0 Å². The minimum absolute atomic E-state index is 0.0775. The van der Waals surface area contributed by atoms with Crippen molar-refractivity contribution in [1.29, 1.82) is 0 Å². The Kier molecular flexibility index (Phi) is 5.86. The van der Waals surface area contributed by atoms with Gasteiger partial charge in [0.05, 0.1) is 21.6 Å². The van der Waals surface area contributed by atoms with E-state index in [0.717, 1.165) is 10.8 Å².